The zero-order valence-corrected chi connectivity index (χ0v) is 8.45. The van der Waals surface area contributed by atoms with Crippen molar-refractivity contribution in [1.29, 1.82) is 0 Å². The summed E-state index contributed by atoms with van der Waals surface area (Å²) in [5.41, 5.74) is 0. The molecule has 2 aliphatic rings. The van der Waals surface area contributed by atoms with Gasteiger partial charge in [0.05, 0.1) is 0 Å². The third-order valence-electron chi connectivity index (χ3n) is 3.43. The topological polar surface area (TPSA) is 6.48 Å². The standard InChI is InChI=1S/C10H20N2/c1-8(2)12-6-9-4-11(3)5-10(9)7-12/h8-10H,4-7H2,1-3H3/t9-,10?/m0/s1. The number of fused-ring (bicyclic) bond motifs is 1. The largest absolute Gasteiger partial charge is 0.306 e. The third kappa shape index (κ3) is 1.38. The second kappa shape index (κ2) is 3.00. The molecule has 0 N–H and O–H groups in total. The van der Waals surface area contributed by atoms with E-state index in [1.807, 2.05) is 0 Å². The van der Waals surface area contributed by atoms with E-state index < -0.39 is 0 Å². The first kappa shape index (κ1) is 8.52. The first-order chi connectivity index (χ1) is 5.66. The third-order valence-corrected chi connectivity index (χ3v) is 3.43. The van der Waals surface area contributed by atoms with Gasteiger partial charge in [0.1, 0.15) is 0 Å². The maximum atomic E-state index is 2.63. The predicted octanol–water partition coefficient (Wildman–Crippen LogP) is 0.888. The van der Waals surface area contributed by atoms with Gasteiger partial charge in [-0.1, -0.05) is 0 Å². The predicted molar refractivity (Wildman–Crippen MR) is 51.2 cm³/mol. The van der Waals surface area contributed by atoms with E-state index in [0.29, 0.717) is 0 Å². The van der Waals surface area contributed by atoms with Crippen LogP contribution in [0, 0.1) is 11.8 Å². The van der Waals surface area contributed by atoms with Crippen molar-refractivity contribution < 1.29 is 0 Å². The summed E-state index contributed by atoms with van der Waals surface area (Å²) in [6, 6.07) is 0.751. The van der Waals surface area contributed by atoms with Crippen LogP contribution in [0.25, 0.3) is 0 Å². The van der Waals surface area contributed by atoms with E-state index in [-0.39, 0.29) is 0 Å². The molecule has 0 bridgehead atoms. The fourth-order valence-corrected chi connectivity index (χ4v) is 2.69. The van der Waals surface area contributed by atoms with Gasteiger partial charge in [0.2, 0.25) is 0 Å². The van der Waals surface area contributed by atoms with Crippen LogP contribution in [0.1, 0.15) is 13.8 Å². The fourth-order valence-electron chi connectivity index (χ4n) is 2.69. The Balaban J connectivity index is 1.93. The van der Waals surface area contributed by atoms with Crippen LogP contribution in [0.3, 0.4) is 0 Å². The molecule has 0 aromatic heterocycles. The Bertz CT molecular complexity index is 153. The second-order valence-corrected chi connectivity index (χ2v) is 4.79. The van der Waals surface area contributed by atoms with Crippen LogP contribution in [-0.4, -0.2) is 49.1 Å². The van der Waals surface area contributed by atoms with Crippen molar-refractivity contribution in [3.05, 3.63) is 0 Å². The summed E-state index contributed by atoms with van der Waals surface area (Å²) in [6.07, 6.45) is 0. The molecule has 0 aromatic rings. The molecule has 2 atom stereocenters. The molecule has 2 saturated heterocycles. The van der Waals surface area contributed by atoms with Gasteiger partial charge in [-0.05, 0) is 32.7 Å². The van der Waals surface area contributed by atoms with Crippen molar-refractivity contribution in [2.75, 3.05) is 33.2 Å². The average Bonchev–Trinajstić information content (AvgIpc) is 2.42. The first-order valence-corrected chi connectivity index (χ1v) is 5.09. The summed E-state index contributed by atoms with van der Waals surface area (Å²) in [5, 5.41) is 0. The Morgan fingerprint density at radius 2 is 1.50 bits per heavy atom. The van der Waals surface area contributed by atoms with Crippen LogP contribution >= 0.6 is 0 Å². The van der Waals surface area contributed by atoms with Crippen molar-refractivity contribution in [2.24, 2.45) is 11.8 Å². The van der Waals surface area contributed by atoms with Gasteiger partial charge in [0.15, 0.2) is 0 Å². The summed E-state index contributed by atoms with van der Waals surface area (Å²) in [6.45, 7) is 9.96. The van der Waals surface area contributed by atoms with E-state index in [4.69, 9.17) is 0 Å². The molecule has 2 fully saturated rings. The SMILES string of the molecule is CC(C)N1CC2CN(C)C[C@H]2C1. The Kier molecular flexibility index (Phi) is 2.13. The van der Waals surface area contributed by atoms with E-state index in [1.54, 1.807) is 0 Å². The molecular weight excluding hydrogens is 148 g/mol. The maximum absolute atomic E-state index is 2.63. The van der Waals surface area contributed by atoms with Crippen LogP contribution in [-0.2, 0) is 0 Å². The highest BCUT2D eigenvalue weighted by molar-refractivity contribution is 4.92. The molecule has 0 saturated carbocycles. The highest BCUT2D eigenvalue weighted by atomic mass is 15.2. The first-order valence-electron chi connectivity index (χ1n) is 5.09. The molecule has 2 heterocycles. The summed E-state index contributed by atoms with van der Waals surface area (Å²) in [4.78, 5) is 5.11. The molecule has 0 amide bonds. The highest BCUT2D eigenvalue weighted by Gasteiger charge is 2.38. The zero-order valence-electron chi connectivity index (χ0n) is 8.45. The van der Waals surface area contributed by atoms with E-state index in [1.165, 1.54) is 26.2 Å². The quantitative estimate of drug-likeness (QED) is 0.573. The number of nitrogens with zero attached hydrogens (tertiary/aromatic N) is 2. The van der Waals surface area contributed by atoms with Gasteiger partial charge in [0.25, 0.3) is 0 Å². The minimum absolute atomic E-state index is 0.751. The van der Waals surface area contributed by atoms with Gasteiger partial charge < -0.3 is 9.80 Å². The lowest BCUT2D eigenvalue weighted by Gasteiger charge is -2.22. The smallest absolute Gasteiger partial charge is 0.00388 e. The second-order valence-electron chi connectivity index (χ2n) is 4.79. The van der Waals surface area contributed by atoms with Crippen LogP contribution < -0.4 is 0 Å². The summed E-state index contributed by atoms with van der Waals surface area (Å²) < 4.78 is 0. The van der Waals surface area contributed by atoms with Crippen LogP contribution in [0.15, 0.2) is 0 Å². The summed E-state index contributed by atoms with van der Waals surface area (Å²) in [5.74, 6) is 1.94. The summed E-state index contributed by atoms with van der Waals surface area (Å²) in [7, 11) is 2.25. The molecule has 2 rings (SSSR count). The molecule has 0 spiro atoms. The number of hydrogen-bond donors (Lipinski definition) is 0. The van der Waals surface area contributed by atoms with Gasteiger partial charge in [-0.15, -0.1) is 0 Å². The number of rotatable bonds is 1. The van der Waals surface area contributed by atoms with Gasteiger partial charge >= 0.3 is 0 Å². The molecular formula is C10H20N2. The average molecular weight is 168 g/mol. The van der Waals surface area contributed by atoms with Gasteiger partial charge in [-0.3, -0.25) is 0 Å². The zero-order chi connectivity index (χ0) is 8.72. The van der Waals surface area contributed by atoms with Crippen molar-refractivity contribution in [3.8, 4) is 0 Å². The number of hydrogen-bond acceptors (Lipinski definition) is 2. The van der Waals surface area contributed by atoms with Crippen LogP contribution in [0.2, 0.25) is 0 Å². The Labute approximate surface area is 75.5 Å². The van der Waals surface area contributed by atoms with Crippen LogP contribution in [0.4, 0.5) is 0 Å². The lowest BCUT2D eigenvalue weighted by Crippen LogP contribution is -2.32. The lowest BCUT2D eigenvalue weighted by atomic mass is 10.0. The minimum Gasteiger partial charge on any atom is -0.306 e. The Morgan fingerprint density at radius 1 is 1.00 bits per heavy atom. The van der Waals surface area contributed by atoms with Gasteiger partial charge in [-0.25, -0.2) is 0 Å². The van der Waals surface area contributed by atoms with Gasteiger partial charge in [-0.2, -0.15) is 0 Å². The lowest BCUT2D eigenvalue weighted by molar-refractivity contribution is 0.235. The summed E-state index contributed by atoms with van der Waals surface area (Å²) >= 11 is 0. The normalized spacial score (nSPS) is 38.0. The molecule has 0 radical (unpaired) electrons. The van der Waals surface area contributed by atoms with Crippen molar-refractivity contribution in [2.45, 2.75) is 19.9 Å². The van der Waals surface area contributed by atoms with E-state index in [9.17, 15) is 0 Å². The molecule has 1 unspecified atom stereocenters. The molecule has 2 nitrogen and oxygen atoms in total. The van der Waals surface area contributed by atoms with E-state index >= 15 is 0 Å². The van der Waals surface area contributed by atoms with Crippen molar-refractivity contribution in [3.63, 3.8) is 0 Å². The molecule has 0 aromatic carbocycles. The van der Waals surface area contributed by atoms with E-state index in [0.717, 1.165) is 17.9 Å². The van der Waals surface area contributed by atoms with Crippen LogP contribution in [0.5, 0.6) is 0 Å². The highest BCUT2D eigenvalue weighted by Crippen LogP contribution is 2.30. The monoisotopic (exact) mass is 168 g/mol. The Morgan fingerprint density at radius 3 is 1.92 bits per heavy atom. The van der Waals surface area contributed by atoms with E-state index in [2.05, 4.69) is 30.7 Å². The molecule has 70 valence electrons. The van der Waals surface area contributed by atoms with Crippen molar-refractivity contribution in [1.82, 2.24) is 9.80 Å². The van der Waals surface area contributed by atoms with Gasteiger partial charge in [0, 0.05) is 32.2 Å². The Hall–Kier alpha value is -0.0800. The molecule has 2 aliphatic heterocycles. The molecule has 0 aliphatic carbocycles. The fraction of sp³-hybridized carbons (Fsp3) is 1.00. The molecule has 2 heteroatoms. The van der Waals surface area contributed by atoms with Crippen molar-refractivity contribution >= 4 is 0 Å². The minimum atomic E-state index is 0.751. The number of likely N-dealkylation sites (tertiary alicyclic amines) is 2. The maximum Gasteiger partial charge on any atom is 0.00388 e. The molecule has 12 heavy (non-hydrogen) atoms.